The normalized spacial score (nSPS) is 25.0. The maximum absolute atomic E-state index is 12.4. The topological polar surface area (TPSA) is 44.8 Å². The van der Waals surface area contributed by atoms with Crippen molar-refractivity contribution in [3.8, 4) is 0 Å². The Morgan fingerprint density at radius 1 is 1.08 bits per heavy atom. The standard InChI is InChI=1S/C19H27N3O2/c23-19(20-13-15-1-3-16(4-2-15)17-5-6-17)22-8-7-18(14-22)21-9-11-24-12-10-21/h1-4,17-18H,5-14H2,(H,20,23)/t18-/m0/s1. The average molecular weight is 329 g/mol. The van der Waals surface area contributed by atoms with E-state index >= 15 is 0 Å². The van der Waals surface area contributed by atoms with Gasteiger partial charge in [0.1, 0.15) is 0 Å². The lowest BCUT2D eigenvalue weighted by atomic mass is 10.1. The van der Waals surface area contributed by atoms with Crippen molar-refractivity contribution in [3.63, 3.8) is 0 Å². The molecule has 0 unspecified atom stereocenters. The first-order valence-electron chi connectivity index (χ1n) is 9.23. The zero-order valence-corrected chi connectivity index (χ0v) is 14.2. The number of benzene rings is 1. The molecule has 130 valence electrons. The Hall–Kier alpha value is -1.59. The van der Waals surface area contributed by atoms with Gasteiger partial charge in [0.05, 0.1) is 13.2 Å². The second kappa shape index (κ2) is 7.11. The van der Waals surface area contributed by atoms with E-state index < -0.39 is 0 Å². The maximum atomic E-state index is 12.4. The van der Waals surface area contributed by atoms with Crippen molar-refractivity contribution in [1.82, 2.24) is 15.1 Å². The van der Waals surface area contributed by atoms with Gasteiger partial charge < -0.3 is 15.0 Å². The van der Waals surface area contributed by atoms with Crippen LogP contribution in [-0.4, -0.2) is 61.3 Å². The van der Waals surface area contributed by atoms with Gasteiger partial charge in [0, 0.05) is 38.8 Å². The molecule has 3 fully saturated rings. The molecular weight excluding hydrogens is 302 g/mol. The van der Waals surface area contributed by atoms with Gasteiger partial charge in [0.2, 0.25) is 0 Å². The SMILES string of the molecule is O=C(NCc1ccc(C2CC2)cc1)N1CC[C@H](N2CCOCC2)C1. The summed E-state index contributed by atoms with van der Waals surface area (Å²) in [6, 6.07) is 9.28. The lowest BCUT2D eigenvalue weighted by Crippen LogP contribution is -2.46. The van der Waals surface area contributed by atoms with E-state index in [1.54, 1.807) is 0 Å². The minimum Gasteiger partial charge on any atom is -0.379 e. The van der Waals surface area contributed by atoms with E-state index in [9.17, 15) is 4.79 Å². The Kier molecular flexibility index (Phi) is 4.72. The van der Waals surface area contributed by atoms with E-state index in [0.717, 1.165) is 51.7 Å². The van der Waals surface area contributed by atoms with Crippen molar-refractivity contribution in [2.75, 3.05) is 39.4 Å². The summed E-state index contributed by atoms with van der Waals surface area (Å²) in [5.41, 5.74) is 2.62. The van der Waals surface area contributed by atoms with Crippen molar-refractivity contribution in [2.24, 2.45) is 0 Å². The number of likely N-dealkylation sites (tertiary alicyclic amines) is 1. The fourth-order valence-electron chi connectivity index (χ4n) is 3.78. The molecule has 1 saturated carbocycles. The van der Waals surface area contributed by atoms with E-state index in [-0.39, 0.29) is 6.03 Å². The maximum Gasteiger partial charge on any atom is 0.317 e. The zero-order chi connectivity index (χ0) is 16.4. The lowest BCUT2D eigenvalue weighted by molar-refractivity contribution is 0.0191. The van der Waals surface area contributed by atoms with Crippen LogP contribution in [0.1, 0.15) is 36.3 Å². The highest BCUT2D eigenvalue weighted by atomic mass is 16.5. The monoisotopic (exact) mass is 329 g/mol. The molecule has 1 aromatic carbocycles. The van der Waals surface area contributed by atoms with Gasteiger partial charge >= 0.3 is 6.03 Å². The Bertz CT molecular complexity index is 564. The molecule has 4 rings (SSSR count). The first-order valence-corrected chi connectivity index (χ1v) is 9.23. The van der Waals surface area contributed by atoms with Crippen LogP contribution < -0.4 is 5.32 Å². The average Bonchev–Trinajstić information content (AvgIpc) is 3.37. The molecule has 1 aliphatic carbocycles. The first-order chi connectivity index (χ1) is 11.8. The van der Waals surface area contributed by atoms with Crippen molar-refractivity contribution in [2.45, 2.75) is 37.8 Å². The predicted molar refractivity (Wildman–Crippen MR) is 93.0 cm³/mol. The summed E-state index contributed by atoms with van der Waals surface area (Å²) in [7, 11) is 0. The summed E-state index contributed by atoms with van der Waals surface area (Å²) >= 11 is 0. The molecule has 2 heterocycles. The third-order valence-electron chi connectivity index (χ3n) is 5.48. The second-order valence-electron chi connectivity index (χ2n) is 7.21. The highest BCUT2D eigenvalue weighted by Gasteiger charge is 2.31. The fourth-order valence-corrected chi connectivity index (χ4v) is 3.78. The summed E-state index contributed by atoms with van der Waals surface area (Å²) in [4.78, 5) is 16.8. The Labute approximate surface area is 144 Å². The Morgan fingerprint density at radius 2 is 1.83 bits per heavy atom. The van der Waals surface area contributed by atoms with E-state index in [1.165, 1.54) is 24.0 Å². The molecule has 5 heteroatoms. The number of nitrogens with zero attached hydrogens (tertiary/aromatic N) is 2. The number of urea groups is 1. The highest BCUT2D eigenvalue weighted by molar-refractivity contribution is 5.74. The third kappa shape index (κ3) is 3.73. The number of hydrogen-bond donors (Lipinski definition) is 1. The summed E-state index contributed by atoms with van der Waals surface area (Å²) in [5.74, 6) is 0.787. The highest BCUT2D eigenvalue weighted by Crippen LogP contribution is 2.39. The van der Waals surface area contributed by atoms with Crippen LogP contribution in [0.3, 0.4) is 0 Å². The van der Waals surface area contributed by atoms with Crippen LogP contribution in [0.15, 0.2) is 24.3 Å². The van der Waals surface area contributed by atoms with Crippen LogP contribution in [-0.2, 0) is 11.3 Å². The third-order valence-corrected chi connectivity index (χ3v) is 5.48. The number of ether oxygens (including phenoxy) is 1. The minimum atomic E-state index is 0.0667. The Balaban J connectivity index is 1.24. The molecule has 0 spiro atoms. The van der Waals surface area contributed by atoms with Gasteiger partial charge in [-0.3, -0.25) is 4.90 Å². The molecule has 2 saturated heterocycles. The molecule has 24 heavy (non-hydrogen) atoms. The van der Waals surface area contributed by atoms with Gasteiger partial charge in [-0.15, -0.1) is 0 Å². The molecular formula is C19H27N3O2. The molecule has 3 aliphatic rings. The number of carbonyl (C=O) groups excluding carboxylic acids is 1. The van der Waals surface area contributed by atoms with Crippen LogP contribution in [0, 0.1) is 0 Å². The smallest absolute Gasteiger partial charge is 0.317 e. The van der Waals surface area contributed by atoms with Crippen molar-refractivity contribution in [3.05, 3.63) is 35.4 Å². The van der Waals surface area contributed by atoms with E-state index in [4.69, 9.17) is 4.74 Å². The van der Waals surface area contributed by atoms with Crippen LogP contribution in [0.25, 0.3) is 0 Å². The number of amides is 2. The van der Waals surface area contributed by atoms with Crippen molar-refractivity contribution < 1.29 is 9.53 Å². The van der Waals surface area contributed by atoms with Crippen LogP contribution in [0.5, 0.6) is 0 Å². The minimum absolute atomic E-state index is 0.0667. The molecule has 0 aromatic heterocycles. The number of nitrogens with one attached hydrogen (secondary N) is 1. The van der Waals surface area contributed by atoms with Gasteiger partial charge in [-0.05, 0) is 36.3 Å². The molecule has 1 atom stereocenters. The van der Waals surface area contributed by atoms with Gasteiger partial charge in [0.15, 0.2) is 0 Å². The molecule has 1 N–H and O–H groups in total. The van der Waals surface area contributed by atoms with Crippen molar-refractivity contribution >= 4 is 6.03 Å². The number of carbonyl (C=O) groups is 1. The summed E-state index contributed by atoms with van der Waals surface area (Å²) in [6.45, 7) is 5.93. The van der Waals surface area contributed by atoms with E-state index in [1.807, 2.05) is 4.90 Å². The quantitative estimate of drug-likeness (QED) is 0.921. The Morgan fingerprint density at radius 3 is 2.54 bits per heavy atom. The molecule has 2 amide bonds. The molecule has 1 aromatic rings. The molecule has 0 radical (unpaired) electrons. The number of rotatable bonds is 4. The van der Waals surface area contributed by atoms with Crippen molar-refractivity contribution in [1.29, 1.82) is 0 Å². The van der Waals surface area contributed by atoms with E-state index in [0.29, 0.717) is 12.6 Å². The van der Waals surface area contributed by atoms with E-state index in [2.05, 4.69) is 34.5 Å². The summed E-state index contributed by atoms with van der Waals surface area (Å²) < 4.78 is 5.41. The second-order valence-corrected chi connectivity index (χ2v) is 7.21. The predicted octanol–water partition coefficient (Wildman–Crippen LogP) is 2.18. The van der Waals surface area contributed by atoms with Gasteiger partial charge in [0.25, 0.3) is 0 Å². The van der Waals surface area contributed by atoms with Crippen LogP contribution in [0.4, 0.5) is 4.79 Å². The largest absolute Gasteiger partial charge is 0.379 e. The number of morpholine rings is 1. The fraction of sp³-hybridized carbons (Fsp3) is 0.632. The van der Waals surface area contributed by atoms with Gasteiger partial charge in [-0.25, -0.2) is 4.79 Å². The molecule has 5 nitrogen and oxygen atoms in total. The van der Waals surface area contributed by atoms with Gasteiger partial charge in [-0.1, -0.05) is 24.3 Å². The van der Waals surface area contributed by atoms with Crippen LogP contribution >= 0.6 is 0 Å². The number of hydrogen-bond acceptors (Lipinski definition) is 3. The summed E-state index contributed by atoms with van der Waals surface area (Å²) in [5, 5.41) is 3.07. The molecule has 0 bridgehead atoms. The van der Waals surface area contributed by atoms with Gasteiger partial charge in [-0.2, -0.15) is 0 Å². The summed E-state index contributed by atoms with van der Waals surface area (Å²) in [6.07, 6.45) is 3.73. The zero-order valence-electron chi connectivity index (χ0n) is 14.2. The first kappa shape index (κ1) is 15.9. The molecule has 2 aliphatic heterocycles. The lowest BCUT2D eigenvalue weighted by Gasteiger charge is -2.32. The van der Waals surface area contributed by atoms with Crippen LogP contribution in [0.2, 0.25) is 0 Å².